The first-order chi connectivity index (χ1) is 10.7. The van der Waals surface area contributed by atoms with Crippen molar-refractivity contribution in [3.63, 3.8) is 0 Å². The standard InChI is InChI=1S/C15H18BNO5/c1-20-11-21-10-15-14(16(18)19)7-13(8-17-15)22-9-12-5-3-2-4-6-12/h2-8,18-19H,9-11H2,1H3. The lowest BCUT2D eigenvalue weighted by molar-refractivity contribution is -0.0399. The first-order valence-electron chi connectivity index (χ1n) is 6.79. The summed E-state index contributed by atoms with van der Waals surface area (Å²) in [6.45, 7) is 0.609. The van der Waals surface area contributed by atoms with Gasteiger partial charge < -0.3 is 24.3 Å². The van der Waals surface area contributed by atoms with E-state index in [4.69, 9.17) is 14.2 Å². The largest absolute Gasteiger partial charge is 0.490 e. The molecule has 0 aliphatic heterocycles. The van der Waals surface area contributed by atoms with Crippen LogP contribution >= 0.6 is 0 Å². The van der Waals surface area contributed by atoms with E-state index in [1.165, 1.54) is 13.3 Å². The van der Waals surface area contributed by atoms with Crippen LogP contribution in [0.5, 0.6) is 5.75 Å². The number of aromatic nitrogens is 1. The third kappa shape index (κ3) is 4.82. The monoisotopic (exact) mass is 303 g/mol. The highest BCUT2D eigenvalue weighted by molar-refractivity contribution is 6.59. The number of benzene rings is 1. The molecule has 0 amide bonds. The average Bonchev–Trinajstić information content (AvgIpc) is 2.54. The van der Waals surface area contributed by atoms with Crippen molar-refractivity contribution in [3.05, 3.63) is 53.9 Å². The number of nitrogens with zero attached hydrogens (tertiary/aromatic N) is 1. The SMILES string of the molecule is COCOCc1ncc(OCc2ccccc2)cc1B(O)O. The molecule has 1 aromatic carbocycles. The third-order valence-electron chi connectivity index (χ3n) is 2.95. The number of rotatable bonds is 8. The molecule has 6 nitrogen and oxygen atoms in total. The van der Waals surface area contributed by atoms with Crippen LogP contribution < -0.4 is 10.2 Å². The second-order valence-corrected chi connectivity index (χ2v) is 4.61. The molecule has 2 N–H and O–H groups in total. The van der Waals surface area contributed by atoms with Crippen molar-refractivity contribution in [2.75, 3.05) is 13.9 Å². The fraction of sp³-hybridized carbons (Fsp3) is 0.267. The average molecular weight is 303 g/mol. The Balaban J connectivity index is 2.04. The summed E-state index contributed by atoms with van der Waals surface area (Å²) in [6.07, 6.45) is 1.53. The predicted molar refractivity (Wildman–Crippen MR) is 81.5 cm³/mol. The lowest BCUT2D eigenvalue weighted by atomic mass is 9.79. The van der Waals surface area contributed by atoms with Crippen molar-refractivity contribution in [1.82, 2.24) is 4.98 Å². The van der Waals surface area contributed by atoms with Crippen LogP contribution in [0.3, 0.4) is 0 Å². The van der Waals surface area contributed by atoms with Gasteiger partial charge in [0.25, 0.3) is 0 Å². The first kappa shape index (κ1) is 16.4. The van der Waals surface area contributed by atoms with Gasteiger partial charge in [0.05, 0.1) is 18.5 Å². The van der Waals surface area contributed by atoms with Gasteiger partial charge in [-0.1, -0.05) is 30.3 Å². The number of methoxy groups -OCH3 is 1. The van der Waals surface area contributed by atoms with Gasteiger partial charge in [0.15, 0.2) is 0 Å². The molecule has 1 heterocycles. The fourth-order valence-electron chi connectivity index (χ4n) is 1.88. The predicted octanol–water partition coefficient (Wildman–Crippen LogP) is 0.461. The maximum atomic E-state index is 9.44. The van der Waals surface area contributed by atoms with Gasteiger partial charge in [-0.25, -0.2) is 0 Å². The van der Waals surface area contributed by atoms with Gasteiger partial charge in [-0.3, -0.25) is 4.98 Å². The number of ether oxygens (including phenoxy) is 3. The van der Waals surface area contributed by atoms with E-state index in [1.54, 1.807) is 6.07 Å². The number of pyridine rings is 1. The molecule has 0 atom stereocenters. The Morgan fingerprint density at radius 3 is 2.59 bits per heavy atom. The van der Waals surface area contributed by atoms with Gasteiger partial charge in [-0.05, 0) is 11.6 Å². The minimum absolute atomic E-state index is 0.106. The Morgan fingerprint density at radius 1 is 1.14 bits per heavy atom. The maximum Gasteiger partial charge on any atom is 0.490 e. The van der Waals surface area contributed by atoms with E-state index in [9.17, 15) is 10.0 Å². The van der Waals surface area contributed by atoms with Crippen LogP contribution in [0.4, 0.5) is 0 Å². The zero-order chi connectivity index (χ0) is 15.8. The van der Waals surface area contributed by atoms with Gasteiger partial charge in [0, 0.05) is 12.6 Å². The molecule has 0 radical (unpaired) electrons. The van der Waals surface area contributed by atoms with E-state index in [1.807, 2.05) is 30.3 Å². The molecule has 0 saturated heterocycles. The molecule has 2 rings (SSSR count). The Hall–Kier alpha value is -1.93. The van der Waals surface area contributed by atoms with Crippen LogP contribution in [-0.2, 0) is 22.7 Å². The summed E-state index contributed by atoms with van der Waals surface area (Å²) in [5, 5.41) is 18.9. The smallest absolute Gasteiger partial charge is 0.487 e. The number of hydrogen-bond donors (Lipinski definition) is 2. The molecule has 0 spiro atoms. The molecule has 0 aliphatic carbocycles. The minimum atomic E-state index is -1.64. The van der Waals surface area contributed by atoms with Gasteiger partial charge in [0.2, 0.25) is 0 Å². The molecule has 0 saturated carbocycles. The van der Waals surface area contributed by atoms with E-state index in [0.29, 0.717) is 18.1 Å². The summed E-state index contributed by atoms with van der Waals surface area (Å²) in [5.74, 6) is 0.461. The Bertz CT molecular complexity index is 579. The minimum Gasteiger partial charge on any atom is -0.487 e. The molecule has 22 heavy (non-hydrogen) atoms. The molecule has 0 fully saturated rings. The maximum absolute atomic E-state index is 9.44. The third-order valence-corrected chi connectivity index (χ3v) is 2.95. The van der Waals surface area contributed by atoms with Crippen molar-refractivity contribution in [2.45, 2.75) is 13.2 Å². The lowest BCUT2D eigenvalue weighted by Gasteiger charge is -2.12. The second-order valence-electron chi connectivity index (χ2n) is 4.61. The zero-order valence-electron chi connectivity index (χ0n) is 12.3. The molecule has 0 bridgehead atoms. The highest BCUT2D eigenvalue weighted by Gasteiger charge is 2.18. The topological polar surface area (TPSA) is 81.0 Å². The van der Waals surface area contributed by atoms with E-state index in [2.05, 4.69) is 4.98 Å². The molecule has 7 heteroatoms. The van der Waals surface area contributed by atoms with Crippen molar-refractivity contribution in [3.8, 4) is 5.75 Å². The zero-order valence-corrected chi connectivity index (χ0v) is 12.3. The summed E-state index contributed by atoms with van der Waals surface area (Å²) < 4.78 is 15.6. The normalized spacial score (nSPS) is 10.5. The Morgan fingerprint density at radius 2 is 1.91 bits per heavy atom. The van der Waals surface area contributed by atoms with E-state index >= 15 is 0 Å². The second kappa shape index (κ2) is 8.50. The molecule has 116 valence electrons. The van der Waals surface area contributed by atoms with Crippen LogP contribution in [-0.4, -0.2) is 36.1 Å². The summed E-state index contributed by atoms with van der Waals surface area (Å²) >= 11 is 0. The van der Waals surface area contributed by atoms with Gasteiger partial charge >= 0.3 is 7.12 Å². The van der Waals surface area contributed by atoms with Crippen molar-refractivity contribution in [1.29, 1.82) is 0 Å². The molecular weight excluding hydrogens is 285 g/mol. The van der Waals surface area contributed by atoms with E-state index < -0.39 is 7.12 Å². The van der Waals surface area contributed by atoms with Gasteiger partial charge in [0.1, 0.15) is 19.1 Å². The van der Waals surface area contributed by atoms with E-state index in [-0.39, 0.29) is 18.9 Å². The fourth-order valence-corrected chi connectivity index (χ4v) is 1.88. The summed E-state index contributed by atoms with van der Waals surface area (Å²) in [7, 11) is -0.135. The Kier molecular flexibility index (Phi) is 6.35. The molecular formula is C15H18BNO5. The van der Waals surface area contributed by atoms with E-state index in [0.717, 1.165) is 5.56 Å². The summed E-state index contributed by atoms with van der Waals surface area (Å²) in [5.41, 5.74) is 1.70. The molecule has 2 aromatic rings. The van der Waals surface area contributed by atoms with Crippen LogP contribution in [0, 0.1) is 0 Å². The number of hydrogen-bond acceptors (Lipinski definition) is 6. The van der Waals surface area contributed by atoms with Crippen LogP contribution in [0.2, 0.25) is 0 Å². The van der Waals surface area contributed by atoms with Crippen LogP contribution in [0.25, 0.3) is 0 Å². The van der Waals surface area contributed by atoms with Gasteiger partial charge in [-0.2, -0.15) is 0 Å². The summed E-state index contributed by atoms with van der Waals surface area (Å²) in [6, 6.07) is 11.2. The Labute approximate surface area is 129 Å². The quantitative estimate of drug-likeness (QED) is 0.419. The highest BCUT2D eigenvalue weighted by atomic mass is 16.7. The van der Waals surface area contributed by atoms with Crippen LogP contribution in [0.15, 0.2) is 42.6 Å². The molecule has 0 aliphatic rings. The van der Waals surface area contributed by atoms with Crippen LogP contribution in [0.1, 0.15) is 11.3 Å². The van der Waals surface area contributed by atoms with Crippen molar-refractivity contribution in [2.24, 2.45) is 0 Å². The molecule has 0 unspecified atom stereocenters. The van der Waals surface area contributed by atoms with Crippen molar-refractivity contribution >= 4 is 12.6 Å². The first-order valence-corrected chi connectivity index (χ1v) is 6.79. The lowest BCUT2D eigenvalue weighted by Crippen LogP contribution is -2.34. The van der Waals surface area contributed by atoms with Gasteiger partial charge in [-0.15, -0.1) is 0 Å². The highest BCUT2D eigenvalue weighted by Crippen LogP contribution is 2.11. The van der Waals surface area contributed by atoms with Crippen molar-refractivity contribution < 1.29 is 24.3 Å². The summed E-state index contributed by atoms with van der Waals surface area (Å²) in [4.78, 5) is 4.16. The molecule has 1 aromatic heterocycles.